The third-order valence-electron chi connectivity index (χ3n) is 5.95. The van der Waals surface area contributed by atoms with Crippen LogP contribution in [0.5, 0.6) is 5.75 Å². The Morgan fingerprint density at radius 3 is 2.48 bits per heavy atom. The first-order valence-electron chi connectivity index (χ1n) is 10.8. The molecule has 2 aromatic rings. The van der Waals surface area contributed by atoms with Gasteiger partial charge in [0.1, 0.15) is 11.4 Å². The van der Waals surface area contributed by atoms with Crippen molar-refractivity contribution in [1.82, 2.24) is 9.62 Å². The summed E-state index contributed by atoms with van der Waals surface area (Å²) in [7, 11) is -3.30. The number of carbonyl (C=O) groups excluding carboxylic acids is 1. The second-order valence-electron chi connectivity index (χ2n) is 9.19. The third kappa shape index (κ3) is 4.93. The molecular formula is C24H30N2O4S. The SMILES string of the molecule is Cc1ccc2c(c1)C(NC(=O)c1ccc(CS(=O)(=O)N3CCCC3)cc1)CC(C)(C)O2. The van der Waals surface area contributed by atoms with Crippen molar-refractivity contribution in [2.45, 2.75) is 57.4 Å². The second-order valence-corrected chi connectivity index (χ2v) is 11.2. The molecule has 1 fully saturated rings. The van der Waals surface area contributed by atoms with Crippen LogP contribution >= 0.6 is 0 Å². The summed E-state index contributed by atoms with van der Waals surface area (Å²) in [5, 5.41) is 3.14. The minimum atomic E-state index is -3.30. The fourth-order valence-corrected chi connectivity index (χ4v) is 5.98. The Labute approximate surface area is 184 Å². The van der Waals surface area contributed by atoms with E-state index >= 15 is 0 Å². The molecule has 0 bridgehead atoms. The van der Waals surface area contributed by atoms with Crippen molar-refractivity contribution in [1.29, 1.82) is 0 Å². The molecule has 1 atom stereocenters. The molecule has 6 nitrogen and oxygen atoms in total. The zero-order valence-electron chi connectivity index (χ0n) is 18.3. The lowest BCUT2D eigenvalue weighted by Gasteiger charge is -2.38. The minimum absolute atomic E-state index is 0.0320. The van der Waals surface area contributed by atoms with Gasteiger partial charge in [0.15, 0.2) is 0 Å². The summed E-state index contributed by atoms with van der Waals surface area (Å²) in [6.45, 7) is 7.26. The Hall–Kier alpha value is -2.38. The molecule has 0 spiro atoms. The third-order valence-corrected chi connectivity index (χ3v) is 7.80. The van der Waals surface area contributed by atoms with Gasteiger partial charge in [0.05, 0.1) is 11.8 Å². The topological polar surface area (TPSA) is 75.7 Å². The first-order chi connectivity index (χ1) is 14.6. The molecule has 166 valence electrons. The van der Waals surface area contributed by atoms with Gasteiger partial charge in [0.2, 0.25) is 10.0 Å². The lowest BCUT2D eigenvalue weighted by Crippen LogP contribution is -2.41. The van der Waals surface area contributed by atoms with Crippen molar-refractivity contribution in [3.05, 3.63) is 64.7 Å². The first-order valence-corrected chi connectivity index (χ1v) is 12.4. The molecule has 1 unspecified atom stereocenters. The van der Waals surface area contributed by atoms with Crippen LogP contribution in [0.2, 0.25) is 0 Å². The highest BCUT2D eigenvalue weighted by molar-refractivity contribution is 7.88. The van der Waals surface area contributed by atoms with Gasteiger partial charge in [0, 0.05) is 30.6 Å². The quantitative estimate of drug-likeness (QED) is 0.761. The lowest BCUT2D eigenvalue weighted by molar-refractivity contribution is 0.0619. The van der Waals surface area contributed by atoms with E-state index in [1.165, 1.54) is 0 Å². The maximum atomic E-state index is 12.9. The van der Waals surface area contributed by atoms with Crippen LogP contribution in [0.4, 0.5) is 0 Å². The summed E-state index contributed by atoms with van der Waals surface area (Å²) in [6.07, 6.45) is 2.51. The zero-order valence-corrected chi connectivity index (χ0v) is 19.2. The summed E-state index contributed by atoms with van der Waals surface area (Å²) in [5.74, 6) is 0.592. The van der Waals surface area contributed by atoms with Gasteiger partial charge in [-0.3, -0.25) is 4.79 Å². The normalized spacial score (nSPS) is 20.7. The maximum absolute atomic E-state index is 12.9. The second kappa shape index (κ2) is 8.28. The highest BCUT2D eigenvalue weighted by Gasteiger charge is 2.34. The van der Waals surface area contributed by atoms with Crippen LogP contribution in [0.1, 0.15) is 66.2 Å². The number of hydrogen-bond donors (Lipinski definition) is 1. The maximum Gasteiger partial charge on any atom is 0.251 e. The number of sulfonamides is 1. The molecule has 2 aliphatic heterocycles. The number of nitrogens with zero attached hydrogens (tertiary/aromatic N) is 1. The van der Waals surface area contributed by atoms with Crippen molar-refractivity contribution in [3.8, 4) is 5.75 Å². The predicted molar refractivity (Wildman–Crippen MR) is 121 cm³/mol. The van der Waals surface area contributed by atoms with Crippen molar-refractivity contribution < 1.29 is 17.9 Å². The molecule has 2 aromatic carbocycles. The van der Waals surface area contributed by atoms with Gasteiger partial charge in [-0.25, -0.2) is 12.7 Å². The highest BCUT2D eigenvalue weighted by Crippen LogP contribution is 2.40. The fraction of sp³-hybridized carbons (Fsp3) is 0.458. The molecular weight excluding hydrogens is 412 g/mol. The Balaban J connectivity index is 1.47. The van der Waals surface area contributed by atoms with Crippen LogP contribution in [-0.4, -0.2) is 37.3 Å². The number of fused-ring (bicyclic) bond motifs is 1. The van der Waals surface area contributed by atoms with Crippen molar-refractivity contribution in [3.63, 3.8) is 0 Å². The molecule has 1 saturated heterocycles. The molecule has 0 saturated carbocycles. The van der Waals surface area contributed by atoms with E-state index in [-0.39, 0.29) is 23.3 Å². The average molecular weight is 443 g/mol. The highest BCUT2D eigenvalue weighted by atomic mass is 32.2. The lowest BCUT2D eigenvalue weighted by atomic mass is 9.88. The standard InChI is InChI=1S/C24H30N2O4S/c1-17-6-11-22-20(14-17)21(15-24(2,3)30-22)25-23(27)19-9-7-18(8-10-19)16-31(28,29)26-12-4-5-13-26/h6-11,14,21H,4-5,12-13,15-16H2,1-3H3,(H,25,27). The van der Waals surface area contributed by atoms with E-state index in [0.717, 1.165) is 29.7 Å². The summed E-state index contributed by atoms with van der Waals surface area (Å²) in [6, 6.07) is 12.7. The molecule has 4 rings (SSSR count). The number of rotatable bonds is 5. The van der Waals surface area contributed by atoms with Gasteiger partial charge in [-0.05, 0) is 57.4 Å². The number of aryl methyl sites for hydroxylation is 1. The fourth-order valence-electron chi connectivity index (χ4n) is 4.36. The van der Waals surface area contributed by atoms with Crippen molar-refractivity contribution in [2.24, 2.45) is 0 Å². The molecule has 1 N–H and O–H groups in total. The summed E-state index contributed by atoms with van der Waals surface area (Å²) in [4.78, 5) is 12.9. The van der Waals surface area contributed by atoms with Crippen LogP contribution < -0.4 is 10.1 Å². The number of ether oxygens (including phenoxy) is 1. The Bertz CT molecular complexity index is 1070. The summed E-state index contributed by atoms with van der Waals surface area (Å²) >= 11 is 0. The number of carbonyl (C=O) groups is 1. The van der Waals surface area contributed by atoms with E-state index in [2.05, 4.69) is 11.4 Å². The van der Waals surface area contributed by atoms with Crippen LogP contribution in [0.15, 0.2) is 42.5 Å². The van der Waals surface area contributed by atoms with E-state index in [0.29, 0.717) is 30.6 Å². The number of benzene rings is 2. The molecule has 2 heterocycles. The van der Waals surface area contributed by atoms with Crippen LogP contribution in [-0.2, 0) is 15.8 Å². The monoisotopic (exact) mass is 442 g/mol. The molecule has 31 heavy (non-hydrogen) atoms. The average Bonchev–Trinajstić information content (AvgIpc) is 3.24. The van der Waals surface area contributed by atoms with Gasteiger partial charge in [0.25, 0.3) is 5.91 Å². The van der Waals surface area contributed by atoms with E-state index in [1.807, 2.05) is 32.9 Å². The molecule has 0 aliphatic carbocycles. The van der Waals surface area contributed by atoms with Crippen molar-refractivity contribution in [2.75, 3.05) is 13.1 Å². The Morgan fingerprint density at radius 1 is 1.13 bits per heavy atom. The van der Waals surface area contributed by atoms with Crippen LogP contribution in [0.3, 0.4) is 0 Å². The van der Waals surface area contributed by atoms with Crippen LogP contribution in [0, 0.1) is 6.92 Å². The van der Waals surface area contributed by atoms with Gasteiger partial charge < -0.3 is 10.1 Å². The minimum Gasteiger partial charge on any atom is -0.487 e. The smallest absolute Gasteiger partial charge is 0.251 e. The summed E-state index contributed by atoms with van der Waals surface area (Å²) < 4.78 is 32.7. The van der Waals surface area contributed by atoms with Gasteiger partial charge in [-0.1, -0.05) is 29.8 Å². The molecule has 2 aliphatic rings. The number of hydrogen-bond acceptors (Lipinski definition) is 4. The Kier molecular flexibility index (Phi) is 5.83. The molecule has 0 aromatic heterocycles. The van der Waals surface area contributed by atoms with E-state index < -0.39 is 10.0 Å². The molecule has 0 radical (unpaired) electrons. The predicted octanol–water partition coefficient (Wildman–Crippen LogP) is 3.95. The van der Waals surface area contributed by atoms with E-state index in [4.69, 9.17) is 4.74 Å². The largest absolute Gasteiger partial charge is 0.487 e. The number of nitrogens with one attached hydrogen (secondary N) is 1. The van der Waals surface area contributed by atoms with E-state index in [1.54, 1.807) is 28.6 Å². The zero-order chi connectivity index (χ0) is 22.2. The molecule has 1 amide bonds. The number of amides is 1. The van der Waals surface area contributed by atoms with Crippen molar-refractivity contribution >= 4 is 15.9 Å². The molecule has 7 heteroatoms. The first kappa shape index (κ1) is 21.8. The summed E-state index contributed by atoms with van der Waals surface area (Å²) in [5.41, 5.74) is 2.93. The van der Waals surface area contributed by atoms with Crippen LogP contribution in [0.25, 0.3) is 0 Å². The van der Waals surface area contributed by atoms with Gasteiger partial charge in [-0.15, -0.1) is 0 Å². The van der Waals surface area contributed by atoms with E-state index in [9.17, 15) is 13.2 Å². The van der Waals surface area contributed by atoms with Gasteiger partial charge in [-0.2, -0.15) is 0 Å². The van der Waals surface area contributed by atoms with Gasteiger partial charge >= 0.3 is 0 Å². The Morgan fingerprint density at radius 2 is 1.81 bits per heavy atom.